The Morgan fingerprint density at radius 3 is 2.53 bits per heavy atom. The number of aromatic nitrogens is 3. The molecule has 1 atom stereocenters. The Morgan fingerprint density at radius 2 is 1.92 bits per heavy atom. The van der Waals surface area contributed by atoms with Crippen molar-refractivity contribution in [3.63, 3.8) is 0 Å². The highest BCUT2D eigenvalue weighted by Gasteiger charge is 2.27. The number of nitrogens with zero attached hydrogens (tertiary/aromatic N) is 2. The van der Waals surface area contributed by atoms with Crippen LogP contribution in [0.3, 0.4) is 0 Å². The Balaban J connectivity index is 1.67. The zero-order valence-electron chi connectivity index (χ0n) is 17.9. The van der Waals surface area contributed by atoms with Crippen molar-refractivity contribution in [2.45, 2.75) is 23.8 Å². The highest BCUT2D eigenvalue weighted by molar-refractivity contribution is 7.89. The Hall–Kier alpha value is -3.04. The van der Waals surface area contributed by atoms with Crippen molar-refractivity contribution in [2.24, 2.45) is 0 Å². The minimum absolute atomic E-state index is 0.0632. The summed E-state index contributed by atoms with van der Waals surface area (Å²) in [6, 6.07) is 5.19. The molecule has 36 heavy (non-hydrogen) atoms. The van der Waals surface area contributed by atoms with Crippen molar-refractivity contribution < 1.29 is 31.8 Å². The maximum atomic E-state index is 13.0. The van der Waals surface area contributed by atoms with Crippen LogP contribution in [0.2, 0.25) is 10.0 Å². The molecule has 11 nitrogen and oxygen atoms in total. The van der Waals surface area contributed by atoms with Gasteiger partial charge in [0.15, 0.2) is 11.4 Å². The maximum Gasteiger partial charge on any atom is 0.349 e. The highest BCUT2D eigenvalue weighted by atomic mass is 35.5. The molecule has 2 aromatic carbocycles. The van der Waals surface area contributed by atoms with Crippen LogP contribution < -0.4 is 20.7 Å². The summed E-state index contributed by atoms with van der Waals surface area (Å²) in [5, 5.41) is 13.1. The number of phenolic OH excluding ortho intramolecular Hbond substituents is 1. The van der Waals surface area contributed by atoms with Gasteiger partial charge < -0.3 is 14.6 Å². The second-order valence-electron chi connectivity index (χ2n) is 7.51. The SMILES string of the molecule is O=c1[nH]c(=O)n(-c2cc(Cl)c(Oc3ccc(O)c(S(=O)(=O)N[C@H]4CCOC4)c3)c(Cl)c2)nc1C(F)F. The molecule has 1 saturated heterocycles. The number of alkyl halides is 2. The quantitative estimate of drug-likeness (QED) is 0.396. The lowest BCUT2D eigenvalue weighted by Crippen LogP contribution is -2.35. The first-order valence-electron chi connectivity index (χ1n) is 10.1. The highest BCUT2D eigenvalue weighted by Crippen LogP contribution is 2.39. The first-order chi connectivity index (χ1) is 17.0. The molecule has 192 valence electrons. The summed E-state index contributed by atoms with van der Waals surface area (Å²) in [4.78, 5) is 24.9. The molecule has 0 radical (unpaired) electrons. The van der Waals surface area contributed by atoms with Gasteiger partial charge in [0.25, 0.3) is 12.0 Å². The third-order valence-corrected chi connectivity index (χ3v) is 7.09. The van der Waals surface area contributed by atoms with E-state index in [9.17, 15) is 31.9 Å². The van der Waals surface area contributed by atoms with Gasteiger partial charge in [0.1, 0.15) is 16.4 Å². The molecule has 3 N–H and O–H groups in total. The van der Waals surface area contributed by atoms with E-state index in [4.69, 9.17) is 32.7 Å². The van der Waals surface area contributed by atoms with E-state index in [2.05, 4.69) is 9.82 Å². The predicted octanol–water partition coefficient (Wildman–Crippen LogP) is 2.73. The number of nitrogens with one attached hydrogen (secondary N) is 2. The van der Waals surface area contributed by atoms with E-state index in [0.29, 0.717) is 17.7 Å². The van der Waals surface area contributed by atoms with Crippen molar-refractivity contribution in [2.75, 3.05) is 13.2 Å². The average molecular weight is 565 g/mol. The number of phenols is 1. The molecular weight excluding hydrogens is 549 g/mol. The van der Waals surface area contributed by atoms with Gasteiger partial charge in [-0.15, -0.1) is 0 Å². The van der Waals surface area contributed by atoms with Crippen LogP contribution >= 0.6 is 23.2 Å². The van der Waals surface area contributed by atoms with E-state index in [1.807, 2.05) is 0 Å². The van der Waals surface area contributed by atoms with E-state index in [1.54, 1.807) is 4.98 Å². The Kier molecular flexibility index (Phi) is 7.33. The van der Waals surface area contributed by atoms with E-state index in [-0.39, 0.29) is 33.8 Å². The predicted molar refractivity (Wildman–Crippen MR) is 123 cm³/mol. The van der Waals surface area contributed by atoms with E-state index in [0.717, 1.165) is 24.3 Å². The van der Waals surface area contributed by atoms with Crippen LogP contribution in [0.1, 0.15) is 18.5 Å². The largest absolute Gasteiger partial charge is 0.507 e. The summed E-state index contributed by atoms with van der Waals surface area (Å²) in [5.41, 5.74) is -3.79. The molecule has 3 aromatic rings. The van der Waals surface area contributed by atoms with Gasteiger partial charge in [-0.05, 0) is 30.7 Å². The molecule has 0 spiro atoms. The zero-order valence-corrected chi connectivity index (χ0v) is 20.2. The van der Waals surface area contributed by atoms with Gasteiger partial charge in [0.05, 0.1) is 22.3 Å². The van der Waals surface area contributed by atoms with Crippen LogP contribution in [0.15, 0.2) is 44.8 Å². The monoisotopic (exact) mass is 564 g/mol. The van der Waals surface area contributed by atoms with Crippen LogP contribution in [0.5, 0.6) is 17.2 Å². The number of aromatic hydroxyl groups is 1. The molecule has 0 unspecified atom stereocenters. The smallest absolute Gasteiger partial charge is 0.349 e. The van der Waals surface area contributed by atoms with Crippen molar-refractivity contribution in [1.82, 2.24) is 19.5 Å². The third-order valence-electron chi connectivity index (χ3n) is 4.98. The summed E-state index contributed by atoms with van der Waals surface area (Å²) in [7, 11) is -4.13. The number of sulfonamides is 1. The fourth-order valence-corrected chi connectivity index (χ4v) is 5.22. The van der Waals surface area contributed by atoms with E-state index in [1.165, 1.54) is 6.07 Å². The number of rotatable bonds is 7. The Bertz CT molecular complexity index is 1520. The molecule has 4 rings (SSSR count). The lowest BCUT2D eigenvalue weighted by atomic mass is 10.3. The fraction of sp³-hybridized carbons (Fsp3) is 0.250. The number of H-pyrrole nitrogens is 1. The van der Waals surface area contributed by atoms with Gasteiger partial charge in [-0.25, -0.2) is 26.7 Å². The van der Waals surface area contributed by atoms with Crippen molar-refractivity contribution in [1.29, 1.82) is 0 Å². The standard InChI is InChI=1S/C20H16Cl2F2N4O7S/c21-12-5-10(28-20(31)25-19(30)16(26-28)18(23)24)6-13(22)17(12)35-11-1-2-14(29)15(7-11)36(32,33)27-9-3-4-34-8-9/h1-2,5-7,9,18,27,29H,3-4,8H2,(H,25,30,31)/t9-/m0/s1. The van der Waals surface area contributed by atoms with Gasteiger partial charge in [-0.2, -0.15) is 9.78 Å². The lowest BCUT2D eigenvalue weighted by Gasteiger charge is -2.15. The number of hydrogen-bond acceptors (Lipinski definition) is 8. The summed E-state index contributed by atoms with van der Waals surface area (Å²) >= 11 is 12.5. The average Bonchev–Trinajstić information content (AvgIpc) is 3.29. The molecule has 1 aromatic heterocycles. The van der Waals surface area contributed by atoms with Crippen LogP contribution in [-0.4, -0.2) is 47.5 Å². The molecule has 0 saturated carbocycles. The van der Waals surface area contributed by atoms with Gasteiger partial charge in [-0.3, -0.25) is 9.78 Å². The normalized spacial score (nSPS) is 16.0. The van der Waals surface area contributed by atoms with Crippen LogP contribution in [0.4, 0.5) is 8.78 Å². The molecule has 0 bridgehead atoms. The van der Waals surface area contributed by atoms with Gasteiger partial charge >= 0.3 is 5.69 Å². The summed E-state index contributed by atoms with van der Waals surface area (Å²) in [5.74, 6) is -0.758. The first kappa shape index (κ1) is 26.0. The molecule has 0 aliphatic carbocycles. The number of benzene rings is 2. The summed E-state index contributed by atoms with van der Waals surface area (Å²) in [6.45, 7) is 0.596. The molecule has 1 aliphatic rings. The molecule has 1 aliphatic heterocycles. The molecule has 16 heteroatoms. The van der Waals surface area contributed by atoms with Crippen LogP contribution in [-0.2, 0) is 14.8 Å². The fourth-order valence-electron chi connectivity index (χ4n) is 3.30. The summed E-state index contributed by atoms with van der Waals surface area (Å²) in [6.07, 6.45) is -2.77. The van der Waals surface area contributed by atoms with Crippen molar-refractivity contribution in [3.8, 4) is 22.9 Å². The van der Waals surface area contributed by atoms with Crippen LogP contribution in [0, 0.1) is 0 Å². The molecule has 2 heterocycles. The molecule has 1 fully saturated rings. The van der Waals surface area contributed by atoms with Crippen molar-refractivity contribution >= 4 is 33.2 Å². The molecule has 0 amide bonds. The van der Waals surface area contributed by atoms with Gasteiger partial charge in [0.2, 0.25) is 10.0 Å². The number of ether oxygens (including phenoxy) is 2. The van der Waals surface area contributed by atoms with Crippen molar-refractivity contribution in [3.05, 3.63) is 66.9 Å². The zero-order chi connectivity index (χ0) is 26.2. The topological polar surface area (TPSA) is 153 Å². The number of halogens is 4. The molecular formula is C20H16Cl2F2N4O7S. The second kappa shape index (κ2) is 10.1. The number of hydrogen-bond donors (Lipinski definition) is 3. The lowest BCUT2D eigenvalue weighted by molar-refractivity contribution is 0.141. The van der Waals surface area contributed by atoms with Gasteiger partial charge in [-0.1, -0.05) is 23.2 Å². The minimum Gasteiger partial charge on any atom is -0.507 e. The second-order valence-corrected chi connectivity index (χ2v) is 10.0. The first-order valence-corrected chi connectivity index (χ1v) is 12.3. The third kappa shape index (κ3) is 5.37. The van der Waals surface area contributed by atoms with Gasteiger partial charge in [0, 0.05) is 18.7 Å². The van der Waals surface area contributed by atoms with Crippen LogP contribution in [0.25, 0.3) is 5.69 Å². The van der Waals surface area contributed by atoms with E-state index < -0.39 is 50.1 Å². The Labute approximate surface area is 211 Å². The minimum atomic E-state index is -4.13. The van der Waals surface area contributed by atoms with E-state index >= 15 is 0 Å². The Morgan fingerprint density at radius 1 is 1.22 bits per heavy atom. The summed E-state index contributed by atoms with van der Waals surface area (Å²) < 4.78 is 65.2. The number of aromatic amines is 1. The maximum absolute atomic E-state index is 13.0.